The molecule has 2 aromatic heterocycles. The fourth-order valence-corrected chi connectivity index (χ4v) is 4.33. The Morgan fingerprint density at radius 2 is 2.10 bits per heavy atom. The molecular weight excluding hydrogens is 264 g/mol. The molecule has 1 aliphatic carbocycles. The van der Waals surface area contributed by atoms with Crippen LogP contribution in [0.2, 0.25) is 0 Å². The van der Waals surface area contributed by atoms with E-state index in [4.69, 9.17) is 5.73 Å². The van der Waals surface area contributed by atoms with Gasteiger partial charge in [-0.05, 0) is 55.9 Å². The Hall–Kier alpha value is -1.06. The zero-order valence-corrected chi connectivity index (χ0v) is 13.7. The van der Waals surface area contributed by atoms with E-state index in [9.17, 15) is 0 Å². The lowest BCUT2D eigenvalue weighted by atomic mass is 9.74. The van der Waals surface area contributed by atoms with Crippen molar-refractivity contribution >= 4 is 11.3 Å². The van der Waals surface area contributed by atoms with Crippen LogP contribution in [0, 0.1) is 19.3 Å². The molecule has 0 spiro atoms. The molecule has 2 N–H and O–H groups in total. The van der Waals surface area contributed by atoms with Gasteiger partial charge in [0.1, 0.15) is 0 Å². The number of aromatic nitrogens is 1. The van der Waals surface area contributed by atoms with Gasteiger partial charge in [0, 0.05) is 27.2 Å². The van der Waals surface area contributed by atoms with Crippen molar-refractivity contribution in [3.8, 4) is 0 Å². The largest absolute Gasteiger partial charge is 0.343 e. The molecule has 0 aliphatic heterocycles. The summed E-state index contributed by atoms with van der Waals surface area (Å²) in [6, 6.07) is 6.95. The molecule has 1 aliphatic rings. The highest BCUT2D eigenvalue weighted by molar-refractivity contribution is 7.11. The Morgan fingerprint density at radius 1 is 1.35 bits per heavy atom. The fraction of sp³-hybridized carbons (Fsp3) is 0.529. The van der Waals surface area contributed by atoms with Gasteiger partial charge in [-0.15, -0.1) is 11.3 Å². The van der Waals surface area contributed by atoms with Gasteiger partial charge in [0.25, 0.3) is 0 Å². The lowest BCUT2D eigenvalue weighted by Gasteiger charge is -2.34. The van der Waals surface area contributed by atoms with E-state index in [0.717, 1.165) is 19.4 Å². The van der Waals surface area contributed by atoms with Gasteiger partial charge >= 0.3 is 0 Å². The third-order valence-electron chi connectivity index (χ3n) is 4.38. The maximum Gasteiger partial charge on any atom is 0.0568 e. The molecule has 0 radical (unpaired) electrons. The molecule has 20 heavy (non-hydrogen) atoms. The van der Waals surface area contributed by atoms with Crippen molar-refractivity contribution in [1.29, 1.82) is 0 Å². The smallest absolute Gasteiger partial charge is 0.0568 e. The second-order valence-corrected chi connectivity index (χ2v) is 8.31. The molecule has 0 saturated carbocycles. The Bertz CT molecular complexity index is 633. The number of hydrogen-bond acceptors (Lipinski definition) is 2. The van der Waals surface area contributed by atoms with E-state index < -0.39 is 0 Å². The van der Waals surface area contributed by atoms with E-state index >= 15 is 0 Å². The van der Waals surface area contributed by atoms with E-state index in [1.54, 1.807) is 0 Å². The van der Waals surface area contributed by atoms with Crippen LogP contribution < -0.4 is 5.73 Å². The predicted octanol–water partition coefficient (Wildman–Crippen LogP) is 4.19. The van der Waals surface area contributed by atoms with Gasteiger partial charge in [0.15, 0.2) is 0 Å². The normalized spacial score (nSPS) is 20.9. The van der Waals surface area contributed by atoms with Crippen LogP contribution in [-0.4, -0.2) is 4.57 Å². The molecule has 2 aromatic rings. The van der Waals surface area contributed by atoms with Crippen LogP contribution in [0.1, 0.15) is 53.0 Å². The van der Waals surface area contributed by atoms with Gasteiger partial charge in [-0.1, -0.05) is 13.8 Å². The van der Waals surface area contributed by atoms with Gasteiger partial charge in [0.2, 0.25) is 0 Å². The van der Waals surface area contributed by atoms with Crippen LogP contribution in [0.3, 0.4) is 0 Å². The number of thiophene rings is 1. The Balaban J connectivity index is 2.00. The highest BCUT2D eigenvalue weighted by Gasteiger charge is 2.33. The molecule has 0 aromatic carbocycles. The Labute approximate surface area is 125 Å². The predicted molar refractivity (Wildman–Crippen MR) is 86.4 cm³/mol. The summed E-state index contributed by atoms with van der Waals surface area (Å²) in [6.07, 6.45) is 2.22. The maximum atomic E-state index is 6.39. The summed E-state index contributed by atoms with van der Waals surface area (Å²) in [5.41, 5.74) is 10.9. The average Bonchev–Trinajstić information content (AvgIpc) is 2.86. The number of hydrogen-bond donors (Lipinski definition) is 1. The summed E-state index contributed by atoms with van der Waals surface area (Å²) < 4.78 is 2.47. The second kappa shape index (κ2) is 4.74. The number of nitrogens with two attached hydrogens (primary N) is 1. The lowest BCUT2D eigenvalue weighted by molar-refractivity contribution is 0.276. The molecule has 0 fully saturated rings. The van der Waals surface area contributed by atoms with Gasteiger partial charge in [-0.2, -0.15) is 0 Å². The first-order valence-electron chi connectivity index (χ1n) is 7.35. The molecule has 3 heteroatoms. The monoisotopic (exact) mass is 288 g/mol. The quantitative estimate of drug-likeness (QED) is 0.882. The molecule has 0 amide bonds. The first-order valence-corrected chi connectivity index (χ1v) is 8.17. The number of nitrogens with zero attached hydrogens (tertiary/aromatic N) is 1. The third-order valence-corrected chi connectivity index (χ3v) is 5.36. The number of rotatable bonds is 2. The van der Waals surface area contributed by atoms with Crippen molar-refractivity contribution in [2.75, 3.05) is 0 Å². The summed E-state index contributed by atoms with van der Waals surface area (Å²) in [6.45, 7) is 10.0. The van der Waals surface area contributed by atoms with Crippen LogP contribution >= 0.6 is 11.3 Å². The van der Waals surface area contributed by atoms with Gasteiger partial charge in [0.05, 0.1) is 6.54 Å². The fourth-order valence-electron chi connectivity index (χ4n) is 3.45. The van der Waals surface area contributed by atoms with Gasteiger partial charge < -0.3 is 10.3 Å². The van der Waals surface area contributed by atoms with Crippen molar-refractivity contribution in [2.24, 2.45) is 11.1 Å². The summed E-state index contributed by atoms with van der Waals surface area (Å²) in [4.78, 5) is 2.82. The zero-order chi connectivity index (χ0) is 14.5. The van der Waals surface area contributed by atoms with Crippen molar-refractivity contribution in [3.05, 3.63) is 44.9 Å². The van der Waals surface area contributed by atoms with E-state index in [2.05, 4.69) is 50.5 Å². The zero-order valence-electron chi connectivity index (χ0n) is 12.9. The van der Waals surface area contributed by atoms with E-state index in [1.807, 2.05) is 11.3 Å². The summed E-state index contributed by atoms with van der Waals surface area (Å²) in [7, 11) is 0. The standard InChI is InChI=1S/C17H24N2S/c1-11-7-14-15(18)8-17(3,4)9-16(14)19(11)10-13-6-5-12(2)20-13/h5-7,15H,8-10,18H2,1-4H3. The Kier molecular flexibility index (Phi) is 3.30. The number of fused-ring (bicyclic) bond motifs is 1. The van der Waals surface area contributed by atoms with E-state index in [1.165, 1.54) is 26.7 Å². The van der Waals surface area contributed by atoms with Crippen LogP contribution in [0.25, 0.3) is 0 Å². The molecule has 108 valence electrons. The molecular formula is C17H24N2S. The van der Waals surface area contributed by atoms with Crippen molar-refractivity contribution in [3.63, 3.8) is 0 Å². The molecule has 0 saturated heterocycles. The highest BCUT2D eigenvalue weighted by atomic mass is 32.1. The first-order chi connectivity index (χ1) is 9.35. The van der Waals surface area contributed by atoms with Gasteiger partial charge in [-0.3, -0.25) is 0 Å². The van der Waals surface area contributed by atoms with Crippen molar-refractivity contribution in [2.45, 2.75) is 53.1 Å². The second-order valence-electron chi connectivity index (χ2n) is 6.94. The van der Waals surface area contributed by atoms with Crippen LogP contribution in [0.15, 0.2) is 18.2 Å². The summed E-state index contributed by atoms with van der Waals surface area (Å²) in [5, 5.41) is 0. The van der Waals surface area contributed by atoms with Crippen LogP contribution in [-0.2, 0) is 13.0 Å². The molecule has 2 heterocycles. The van der Waals surface area contributed by atoms with Crippen LogP contribution in [0.4, 0.5) is 0 Å². The maximum absolute atomic E-state index is 6.39. The topological polar surface area (TPSA) is 30.9 Å². The minimum Gasteiger partial charge on any atom is -0.343 e. The minimum absolute atomic E-state index is 0.193. The average molecular weight is 288 g/mol. The van der Waals surface area contributed by atoms with Crippen LogP contribution in [0.5, 0.6) is 0 Å². The Morgan fingerprint density at radius 3 is 2.75 bits per heavy atom. The van der Waals surface area contributed by atoms with E-state index in [0.29, 0.717) is 5.41 Å². The molecule has 0 bridgehead atoms. The molecule has 1 unspecified atom stereocenters. The number of aryl methyl sites for hydroxylation is 2. The summed E-state index contributed by atoms with van der Waals surface area (Å²) in [5.74, 6) is 0. The first kappa shape index (κ1) is 13.9. The van der Waals surface area contributed by atoms with Crippen molar-refractivity contribution < 1.29 is 0 Å². The van der Waals surface area contributed by atoms with E-state index in [-0.39, 0.29) is 6.04 Å². The molecule has 3 rings (SSSR count). The molecule has 2 nitrogen and oxygen atoms in total. The van der Waals surface area contributed by atoms with Gasteiger partial charge in [-0.25, -0.2) is 0 Å². The molecule has 1 atom stereocenters. The van der Waals surface area contributed by atoms with Crippen molar-refractivity contribution in [1.82, 2.24) is 4.57 Å². The highest BCUT2D eigenvalue weighted by Crippen LogP contribution is 2.41. The minimum atomic E-state index is 0.193. The lowest BCUT2D eigenvalue weighted by Crippen LogP contribution is -2.30. The SMILES string of the molecule is Cc1ccc(Cn2c(C)cc3c2CC(C)(C)CC3N)s1. The third kappa shape index (κ3) is 2.45. The summed E-state index contributed by atoms with van der Waals surface area (Å²) >= 11 is 1.89.